The maximum atomic E-state index is 11.3. The molecule has 0 aliphatic carbocycles. The summed E-state index contributed by atoms with van der Waals surface area (Å²) in [6, 6.07) is 8.35. The molecule has 0 spiro atoms. The monoisotopic (exact) mass is 247 g/mol. The van der Waals surface area contributed by atoms with Crippen LogP contribution in [0.3, 0.4) is 0 Å². The molecule has 0 bridgehead atoms. The van der Waals surface area contributed by atoms with E-state index in [9.17, 15) is 4.79 Å². The van der Waals surface area contributed by atoms with Crippen molar-refractivity contribution in [2.45, 2.75) is 13.8 Å². The van der Waals surface area contributed by atoms with E-state index in [1.807, 2.05) is 13.0 Å². The van der Waals surface area contributed by atoms with Crippen LogP contribution in [-0.2, 0) is 4.74 Å². The van der Waals surface area contributed by atoms with E-state index >= 15 is 0 Å². The smallest absolute Gasteiger partial charge is 0.340 e. The summed E-state index contributed by atoms with van der Waals surface area (Å²) in [7, 11) is 0. The van der Waals surface area contributed by atoms with Gasteiger partial charge in [-0.25, -0.2) is 4.79 Å². The molecule has 0 N–H and O–H groups in total. The van der Waals surface area contributed by atoms with Crippen molar-refractivity contribution in [1.82, 2.24) is 0 Å². The molecule has 2 aromatic rings. The SMILES string of the molecule is CCOC(C)=NOc1cc(=O)oc2ccccc12. The van der Waals surface area contributed by atoms with Crippen molar-refractivity contribution in [3.05, 3.63) is 40.8 Å². The number of nitrogens with zero attached hydrogens (tertiary/aromatic N) is 1. The third kappa shape index (κ3) is 2.68. The maximum absolute atomic E-state index is 11.3. The molecule has 0 amide bonds. The topological polar surface area (TPSA) is 61.0 Å². The molecule has 94 valence electrons. The van der Waals surface area contributed by atoms with Gasteiger partial charge in [-0.15, -0.1) is 0 Å². The van der Waals surface area contributed by atoms with Crippen LogP contribution in [0.25, 0.3) is 11.0 Å². The van der Waals surface area contributed by atoms with Crippen molar-refractivity contribution < 1.29 is 14.0 Å². The highest BCUT2D eigenvalue weighted by Gasteiger charge is 2.06. The number of rotatable bonds is 3. The van der Waals surface area contributed by atoms with Gasteiger partial charge in [0.15, 0.2) is 5.75 Å². The van der Waals surface area contributed by atoms with Crippen LogP contribution in [0.4, 0.5) is 0 Å². The summed E-state index contributed by atoms with van der Waals surface area (Å²) in [5.41, 5.74) is -0.0165. The summed E-state index contributed by atoms with van der Waals surface area (Å²) in [6.45, 7) is 4.04. The molecule has 1 aromatic carbocycles. The molecule has 0 saturated carbocycles. The van der Waals surface area contributed by atoms with Gasteiger partial charge in [-0.3, -0.25) is 0 Å². The Balaban J connectivity index is 2.38. The molecule has 18 heavy (non-hydrogen) atoms. The summed E-state index contributed by atoms with van der Waals surface area (Å²) in [5.74, 6) is 0.746. The van der Waals surface area contributed by atoms with E-state index in [0.717, 1.165) is 0 Å². The molecule has 1 heterocycles. The van der Waals surface area contributed by atoms with Crippen LogP contribution in [0.2, 0.25) is 0 Å². The first-order valence-electron chi connectivity index (χ1n) is 5.58. The molecule has 0 aliphatic rings. The van der Waals surface area contributed by atoms with Gasteiger partial charge in [0, 0.05) is 6.92 Å². The summed E-state index contributed by atoms with van der Waals surface area (Å²) in [6.07, 6.45) is 0. The van der Waals surface area contributed by atoms with Gasteiger partial charge < -0.3 is 14.0 Å². The summed E-state index contributed by atoms with van der Waals surface area (Å²) in [5, 5.41) is 4.47. The van der Waals surface area contributed by atoms with Crippen molar-refractivity contribution in [1.29, 1.82) is 0 Å². The van der Waals surface area contributed by atoms with E-state index in [2.05, 4.69) is 5.16 Å². The lowest BCUT2D eigenvalue weighted by Gasteiger charge is -2.04. The predicted octanol–water partition coefficient (Wildman–Crippen LogP) is 2.54. The van der Waals surface area contributed by atoms with Crippen molar-refractivity contribution in [3.8, 4) is 5.75 Å². The number of benzene rings is 1. The number of oxime groups is 1. The standard InChI is InChI=1S/C13H13NO4/c1-3-16-9(2)14-18-12-8-13(15)17-11-7-5-4-6-10(11)12/h4-8H,3H2,1-2H3. The number of para-hydroxylation sites is 1. The molecule has 0 unspecified atom stereocenters. The quantitative estimate of drug-likeness (QED) is 0.362. The zero-order chi connectivity index (χ0) is 13.0. The predicted molar refractivity (Wildman–Crippen MR) is 67.8 cm³/mol. The van der Waals surface area contributed by atoms with E-state index in [1.165, 1.54) is 6.07 Å². The van der Waals surface area contributed by atoms with E-state index in [-0.39, 0.29) is 0 Å². The van der Waals surface area contributed by atoms with Gasteiger partial charge >= 0.3 is 5.63 Å². The van der Waals surface area contributed by atoms with E-state index in [4.69, 9.17) is 14.0 Å². The van der Waals surface area contributed by atoms with Gasteiger partial charge in [-0.1, -0.05) is 12.1 Å². The fourth-order valence-electron chi connectivity index (χ4n) is 1.51. The van der Waals surface area contributed by atoms with E-state index in [1.54, 1.807) is 25.1 Å². The summed E-state index contributed by atoms with van der Waals surface area (Å²) >= 11 is 0. The van der Waals surface area contributed by atoms with Crippen LogP contribution in [0.5, 0.6) is 5.75 Å². The average Bonchev–Trinajstić information content (AvgIpc) is 2.36. The van der Waals surface area contributed by atoms with Crippen LogP contribution < -0.4 is 10.5 Å². The minimum absolute atomic E-state index is 0.348. The van der Waals surface area contributed by atoms with Crippen LogP contribution in [0.15, 0.2) is 44.7 Å². The Kier molecular flexibility index (Phi) is 3.62. The molecule has 0 fully saturated rings. The fraction of sp³-hybridized carbons (Fsp3) is 0.231. The maximum Gasteiger partial charge on any atom is 0.340 e. The molecule has 0 saturated heterocycles. The molecular weight excluding hydrogens is 234 g/mol. The Hall–Kier alpha value is -2.30. The first-order chi connectivity index (χ1) is 8.70. The minimum atomic E-state index is -0.479. The zero-order valence-electron chi connectivity index (χ0n) is 10.2. The molecule has 0 atom stereocenters. The second kappa shape index (κ2) is 5.35. The second-order valence-corrected chi connectivity index (χ2v) is 3.56. The van der Waals surface area contributed by atoms with Crippen LogP contribution in [-0.4, -0.2) is 12.5 Å². The van der Waals surface area contributed by atoms with Crippen molar-refractivity contribution >= 4 is 16.9 Å². The van der Waals surface area contributed by atoms with Gasteiger partial charge in [-0.2, -0.15) is 0 Å². The van der Waals surface area contributed by atoms with Crippen LogP contribution in [0.1, 0.15) is 13.8 Å². The minimum Gasteiger partial charge on any atom is -0.479 e. The lowest BCUT2D eigenvalue weighted by Crippen LogP contribution is -2.03. The number of ether oxygens (including phenoxy) is 1. The number of hydrogen-bond donors (Lipinski definition) is 0. The van der Waals surface area contributed by atoms with E-state index in [0.29, 0.717) is 29.2 Å². The zero-order valence-corrected chi connectivity index (χ0v) is 10.2. The Morgan fingerprint density at radius 1 is 1.39 bits per heavy atom. The molecular formula is C13H13NO4. The highest BCUT2D eigenvalue weighted by Crippen LogP contribution is 2.23. The summed E-state index contributed by atoms with van der Waals surface area (Å²) in [4.78, 5) is 16.6. The van der Waals surface area contributed by atoms with Gasteiger partial charge in [0.05, 0.1) is 18.1 Å². The Morgan fingerprint density at radius 3 is 2.94 bits per heavy atom. The van der Waals surface area contributed by atoms with Gasteiger partial charge in [0.1, 0.15) is 5.58 Å². The normalized spacial score (nSPS) is 11.6. The molecule has 2 rings (SSSR count). The molecule has 5 nitrogen and oxygen atoms in total. The van der Waals surface area contributed by atoms with Crippen molar-refractivity contribution in [3.63, 3.8) is 0 Å². The average molecular weight is 247 g/mol. The van der Waals surface area contributed by atoms with Gasteiger partial charge in [0.2, 0.25) is 5.90 Å². The Labute approximate surface area is 104 Å². The fourth-order valence-corrected chi connectivity index (χ4v) is 1.51. The van der Waals surface area contributed by atoms with Gasteiger partial charge in [0.25, 0.3) is 0 Å². The lowest BCUT2D eigenvalue weighted by atomic mass is 10.2. The van der Waals surface area contributed by atoms with Gasteiger partial charge in [-0.05, 0) is 24.2 Å². The molecule has 5 heteroatoms. The Bertz CT molecular complexity index is 630. The first kappa shape index (κ1) is 12.2. The Morgan fingerprint density at radius 2 is 2.17 bits per heavy atom. The second-order valence-electron chi connectivity index (χ2n) is 3.56. The first-order valence-corrected chi connectivity index (χ1v) is 5.58. The number of hydrogen-bond acceptors (Lipinski definition) is 5. The third-order valence-corrected chi connectivity index (χ3v) is 2.24. The molecule has 0 aliphatic heterocycles. The van der Waals surface area contributed by atoms with Crippen molar-refractivity contribution in [2.75, 3.05) is 6.61 Å². The number of fused-ring (bicyclic) bond motifs is 1. The highest BCUT2D eigenvalue weighted by molar-refractivity contribution is 5.83. The van der Waals surface area contributed by atoms with Crippen LogP contribution >= 0.6 is 0 Å². The highest BCUT2D eigenvalue weighted by atomic mass is 16.6. The van der Waals surface area contributed by atoms with Crippen LogP contribution in [0, 0.1) is 0 Å². The van der Waals surface area contributed by atoms with E-state index < -0.39 is 5.63 Å². The molecule has 1 aromatic heterocycles. The largest absolute Gasteiger partial charge is 0.479 e. The third-order valence-electron chi connectivity index (χ3n) is 2.24. The molecule has 0 radical (unpaired) electrons. The lowest BCUT2D eigenvalue weighted by molar-refractivity contribution is 0.276. The van der Waals surface area contributed by atoms with Crippen molar-refractivity contribution in [2.24, 2.45) is 5.16 Å². The summed E-state index contributed by atoms with van der Waals surface area (Å²) < 4.78 is 10.2.